The second-order valence-electron chi connectivity index (χ2n) is 4.59. The summed E-state index contributed by atoms with van der Waals surface area (Å²) in [5, 5.41) is 0. The number of carbonyl (C=O) groups excluding carboxylic acids is 1. The number of rotatable bonds is 4. The zero-order valence-corrected chi connectivity index (χ0v) is 11.0. The van der Waals surface area contributed by atoms with E-state index >= 15 is 0 Å². The molecule has 4 heteroatoms. The summed E-state index contributed by atoms with van der Waals surface area (Å²) in [5.74, 6) is 0.825. The van der Waals surface area contributed by atoms with Gasteiger partial charge in [0, 0.05) is 6.54 Å². The lowest BCUT2D eigenvalue weighted by atomic mass is 10.1. The van der Waals surface area contributed by atoms with E-state index in [1.165, 1.54) is 0 Å². The number of hydrogen-bond acceptors (Lipinski definition) is 3. The van der Waals surface area contributed by atoms with Gasteiger partial charge in [-0.2, -0.15) is 0 Å². The Labute approximate surface area is 108 Å². The molecule has 1 aromatic rings. The van der Waals surface area contributed by atoms with E-state index in [2.05, 4.69) is 6.92 Å². The van der Waals surface area contributed by atoms with E-state index in [9.17, 15) is 4.79 Å². The van der Waals surface area contributed by atoms with Crippen molar-refractivity contribution in [3.05, 3.63) is 23.8 Å². The number of fused-ring (bicyclic) bond motifs is 1. The fraction of sp³-hybridized carbons (Fsp3) is 0.500. The predicted octanol–water partition coefficient (Wildman–Crippen LogP) is 1.71. The molecule has 1 aliphatic rings. The first kappa shape index (κ1) is 12.9. The lowest BCUT2D eigenvalue weighted by molar-refractivity contribution is -0.125. The van der Waals surface area contributed by atoms with Crippen LogP contribution < -0.4 is 15.4 Å². The van der Waals surface area contributed by atoms with Crippen LogP contribution in [0.3, 0.4) is 0 Å². The normalized spacial score (nSPS) is 18.5. The third-order valence-electron chi connectivity index (χ3n) is 3.11. The minimum atomic E-state index is -0.399. The monoisotopic (exact) mass is 248 g/mol. The Morgan fingerprint density at radius 1 is 1.44 bits per heavy atom. The summed E-state index contributed by atoms with van der Waals surface area (Å²) in [6.07, 6.45) is 1.35. The first-order valence-corrected chi connectivity index (χ1v) is 6.48. The average Bonchev–Trinajstić information content (AvgIpc) is 2.36. The van der Waals surface area contributed by atoms with Crippen molar-refractivity contribution in [3.8, 4) is 5.75 Å². The van der Waals surface area contributed by atoms with Gasteiger partial charge in [-0.25, -0.2) is 0 Å². The molecule has 0 saturated carbocycles. The highest BCUT2D eigenvalue weighted by molar-refractivity contribution is 5.99. The van der Waals surface area contributed by atoms with Gasteiger partial charge in [-0.15, -0.1) is 0 Å². The average molecular weight is 248 g/mol. The van der Waals surface area contributed by atoms with Gasteiger partial charge in [-0.05, 0) is 44.0 Å². The Kier molecular flexibility index (Phi) is 3.87. The first-order valence-electron chi connectivity index (χ1n) is 6.48. The molecule has 18 heavy (non-hydrogen) atoms. The molecule has 0 aromatic heterocycles. The molecule has 1 amide bonds. The molecule has 0 spiro atoms. The van der Waals surface area contributed by atoms with Crippen molar-refractivity contribution < 1.29 is 9.53 Å². The van der Waals surface area contributed by atoms with Crippen LogP contribution in [0.1, 0.15) is 25.8 Å². The van der Waals surface area contributed by atoms with Gasteiger partial charge in [0.25, 0.3) is 5.91 Å². The molecule has 0 aliphatic carbocycles. The topological polar surface area (TPSA) is 55.6 Å². The van der Waals surface area contributed by atoms with Gasteiger partial charge < -0.3 is 15.4 Å². The van der Waals surface area contributed by atoms with Crippen LogP contribution in [-0.4, -0.2) is 25.1 Å². The van der Waals surface area contributed by atoms with E-state index in [1.54, 1.807) is 6.92 Å². The van der Waals surface area contributed by atoms with Crippen LogP contribution in [0.2, 0.25) is 0 Å². The molecule has 1 atom stereocenters. The van der Waals surface area contributed by atoms with E-state index in [4.69, 9.17) is 10.5 Å². The summed E-state index contributed by atoms with van der Waals surface area (Å²) in [4.78, 5) is 13.9. The molecule has 0 saturated heterocycles. The Morgan fingerprint density at radius 2 is 2.22 bits per heavy atom. The molecule has 98 valence electrons. The highest BCUT2D eigenvalue weighted by Gasteiger charge is 2.30. The minimum absolute atomic E-state index is 0.0363. The molecule has 0 bridgehead atoms. The zero-order chi connectivity index (χ0) is 13.1. The van der Waals surface area contributed by atoms with Gasteiger partial charge in [0.05, 0.1) is 5.69 Å². The van der Waals surface area contributed by atoms with Crippen molar-refractivity contribution in [3.63, 3.8) is 0 Å². The number of nitrogens with zero attached hydrogens (tertiary/aromatic N) is 1. The standard InChI is InChI=1S/C14H20N2O2/c1-3-8-16-12-9-11(6-7-15)4-5-13(12)18-10(2)14(16)17/h4-5,9-10H,3,6-8,15H2,1-2H3. The molecule has 1 aromatic carbocycles. The maximum atomic E-state index is 12.1. The van der Waals surface area contributed by atoms with Crippen molar-refractivity contribution in [2.75, 3.05) is 18.0 Å². The molecule has 0 radical (unpaired) electrons. The highest BCUT2D eigenvalue weighted by Crippen LogP contribution is 2.35. The van der Waals surface area contributed by atoms with Gasteiger partial charge >= 0.3 is 0 Å². The quantitative estimate of drug-likeness (QED) is 0.882. The summed E-state index contributed by atoms with van der Waals surface area (Å²) >= 11 is 0. The van der Waals surface area contributed by atoms with Crippen molar-refractivity contribution >= 4 is 11.6 Å². The Bertz CT molecular complexity index is 445. The van der Waals surface area contributed by atoms with Crippen LogP contribution in [0.15, 0.2) is 18.2 Å². The Balaban J connectivity index is 2.38. The van der Waals surface area contributed by atoms with Crippen LogP contribution in [-0.2, 0) is 11.2 Å². The molecule has 4 nitrogen and oxygen atoms in total. The van der Waals surface area contributed by atoms with Crippen LogP contribution in [0.5, 0.6) is 5.75 Å². The lowest BCUT2D eigenvalue weighted by Gasteiger charge is -2.33. The highest BCUT2D eigenvalue weighted by atomic mass is 16.5. The molecule has 1 unspecified atom stereocenters. The van der Waals surface area contributed by atoms with E-state index in [0.29, 0.717) is 6.54 Å². The molecule has 2 rings (SSSR count). The number of ether oxygens (including phenoxy) is 1. The van der Waals surface area contributed by atoms with Crippen LogP contribution in [0, 0.1) is 0 Å². The van der Waals surface area contributed by atoms with Crippen molar-refractivity contribution in [2.24, 2.45) is 5.73 Å². The second-order valence-corrected chi connectivity index (χ2v) is 4.59. The third kappa shape index (κ3) is 2.34. The first-order chi connectivity index (χ1) is 8.67. The number of anilines is 1. The van der Waals surface area contributed by atoms with Crippen LogP contribution in [0.4, 0.5) is 5.69 Å². The SMILES string of the molecule is CCCN1C(=O)C(C)Oc2ccc(CCN)cc21. The fourth-order valence-corrected chi connectivity index (χ4v) is 2.23. The number of nitrogens with two attached hydrogens (primary N) is 1. The number of amides is 1. The molecule has 1 heterocycles. The second kappa shape index (κ2) is 5.40. The molecule has 0 fully saturated rings. The van der Waals surface area contributed by atoms with E-state index in [0.717, 1.165) is 36.4 Å². The van der Waals surface area contributed by atoms with Gasteiger partial charge in [-0.3, -0.25) is 4.79 Å². The maximum Gasteiger partial charge on any atom is 0.267 e. The van der Waals surface area contributed by atoms with E-state index < -0.39 is 6.10 Å². The van der Waals surface area contributed by atoms with E-state index in [1.807, 2.05) is 23.1 Å². The van der Waals surface area contributed by atoms with Gasteiger partial charge in [-0.1, -0.05) is 13.0 Å². The van der Waals surface area contributed by atoms with Gasteiger partial charge in [0.1, 0.15) is 5.75 Å². The predicted molar refractivity (Wildman–Crippen MR) is 71.9 cm³/mol. The summed E-state index contributed by atoms with van der Waals surface area (Å²) in [6.45, 7) is 5.20. The van der Waals surface area contributed by atoms with Crippen molar-refractivity contribution in [2.45, 2.75) is 32.8 Å². The summed E-state index contributed by atoms with van der Waals surface area (Å²) in [5.41, 5.74) is 7.59. The summed E-state index contributed by atoms with van der Waals surface area (Å²) in [7, 11) is 0. The Hall–Kier alpha value is -1.55. The number of hydrogen-bond donors (Lipinski definition) is 1. The smallest absolute Gasteiger partial charge is 0.267 e. The Morgan fingerprint density at radius 3 is 2.89 bits per heavy atom. The van der Waals surface area contributed by atoms with Gasteiger partial charge in [0.2, 0.25) is 0 Å². The molecule has 2 N–H and O–H groups in total. The van der Waals surface area contributed by atoms with Crippen molar-refractivity contribution in [1.29, 1.82) is 0 Å². The van der Waals surface area contributed by atoms with Gasteiger partial charge in [0.15, 0.2) is 6.10 Å². The van der Waals surface area contributed by atoms with Crippen molar-refractivity contribution in [1.82, 2.24) is 0 Å². The molecular weight excluding hydrogens is 228 g/mol. The fourth-order valence-electron chi connectivity index (χ4n) is 2.23. The molecular formula is C14H20N2O2. The maximum absolute atomic E-state index is 12.1. The number of benzene rings is 1. The summed E-state index contributed by atoms with van der Waals surface area (Å²) in [6, 6.07) is 5.96. The molecule has 1 aliphatic heterocycles. The lowest BCUT2D eigenvalue weighted by Crippen LogP contribution is -2.44. The largest absolute Gasteiger partial charge is 0.479 e. The third-order valence-corrected chi connectivity index (χ3v) is 3.11. The van der Waals surface area contributed by atoms with Crippen LogP contribution in [0.25, 0.3) is 0 Å². The number of carbonyl (C=O) groups is 1. The zero-order valence-electron chi connectivity index (χ0n) is 11.0. The minimum Gasteiger partial charge on any atom is -0.479 e. The summed E-state index contributed by atoms with van der Waals surface area (Å²) < 4.78 is 5.63. The van der Waals surface area contributed by atoms with E-state index in [-0.39, 0.29) is 5.91 Å². The van der Waals surface area contributed by atoms with Crippen LogP contribution >= 0.6 is 0 Å².